The first-order chi connectivity index (χ1) is 16.2. The normalized spacial score (nSPS) is 16.9. The average Bonchev–Trinajstić information content (AvgIpc) is 2.98. The second kappa shape index (κ2) is 9.56. The fraction of sp³-hybridized carbons (Fsp3) is 0.320. The minimum atomic E-state index is -0.634. The Morgan fingerprint density at radius 3 is 2.76 bits per heavy atom. The van der Waals surface area contributed by atoms with E-state index in [0.717, 1.165) is 30.9 Å². The van der Waals surface area contributed by atoms with Crippen LogP contribution in [0.1, 0.15) is 21.5 Å². The van der Waals surface area contributed by atoms with E-state index in [1.54, 1.807) is 35.5 Å². The standard InChI is InChI=1S/C25H27N5O3/c31-22(16-29-10-8-18-3-1-2-4-19(18)15-29)17-30-11-12-33-24-6-5-20(13-23(24)25(30)32)28-21-7-9-26-27-14-21/h1-7,9,13-14,22,31H,8,10-12,15-17H2,(H,26,28). The van der Waals surface area contributed by atoms with Crippen LogP contribution in [0.4, 0.5) is 11.4 Å². The van der Waals surface area contributed by atoms with E-state index in [-0.39, 0.29) is 12.5 Å². The first-order valence-corrected chi connectivity index (χ1v) is 11.2. The van der Waals surface area contributed by atoms with Crippen molar-refractivity contribution >= 4 is 17.3 Å². The van der Waals surface area contributed by atoms with Crippen LogP contribution in [0.3, 0.4) is 0 Å². The Kier molecular flexibility index (Phi) is 6.19. The van der Waals surface area contributed by atoms with Gasteiger partial charge in [-0.25, -0.2) is 0 Å². The van der Waals surface area contributed by atoms with Gasteiger partial charge in [-0.1, -0.05) is 24.3 Å². The van der Waals surface area contributed by atoms with Gasteiger partial charge >= 0.3 is 0 Å². The third kappa shape index (κ3) is 4.97. The van der Waals surface area contributed by atoms with Gasteiger partial charge in [-0.15, -0.1) is 0 Å². The second-order valence-electron chi connectivity index (χ2n) is 8.47. The Labute approximate surface area is 192 Å². The SMILES string of the molecule is O=C1c2cc(Nc3ccnnc3)ccc2OCCN1CC(O)CN1CCc2ccccc2C1. The first-order valence-electron chi connectivity index (χ1n) is 11.2. The minimum absolute atomic E-state index is 0.137. The van der Waals surface area contributed by atoms with Crippen molar-refractivity contribution in [1.82, 2.24) is 20.0 Å². The van der Waals surface area contributed by atoms with E-state index in [1.807, 2.05) is 6.07 Å². The number of fused-ring (bicyclic) bond motifs is 2. The molecule has 2 aliphatic rings. The average molecular weight is 446 g/mol. The lowest BCUT2D eigenvalue weighted by Crippen LogP contribution is -2.44. The van der Waals surface area contributed by atoms with Gasteiger partial charge in [0, 0.05) is 31.9 Å². The zero-order valence-electron chi connectivity index (χ0n) is 18.4. The van der Waals surface area contributed by atoms with E-state index in [1.165, 1.54) is 11.1 Å². The van der Waals surface area contributed by atoms with Crippen LogP contribution in [0.15, 0.2) is 60.9 Å². The van der Waals surface area contributed by atoms with Crippen molar-refractivity contribution < 1.29 is 14.6 Å². The van der Waals surface area contributed by atoms with Crippen LogP contribution < -0.4 is 10.1 Å². The molecule has 0 fully saturated rings. The molecule has 5 rings (SSSR count). The van der Waals surface area contributed by atoms with Crippen molar-refractivity contribution in [1.29, 1.82) is 0 Å². The van der Waals surface area contributed by atoms with Gasteiger partial charge in [-0.05, 0) is 41.8 Å². The zero-order valence-corrected chi connectivity index (χ0v) is 18.4. The number of hydrogen-bond acceptors (Lipinski definition) is 7. The summed E-state index contributed by atoms with van der Waals surface area (Å²) in [4.78, 5) is 17.2. The molecule has 8 nitrogen and oxygen atoms in total. The quantitative estimate of drug-likeness (QED) is 0.602. The number of anilines is 2. The molecule has 8 heteroatoms. The predicted octanol–water partition coefficient (Wildman–Crippen LogP) is 2.47. The Hall–Kier alpha value is -3.49. The molecular weight excluding hydrogens is 418 g/mol. The number of nitrogens with zero attached hydrogens (tertiary/aromatic N) is 4. The highest BCUT2D eigenvalue weighted by Crippen LogP contribution is 2.28. The number of carbonyl (C=O) groups is 1. The molecule has 2 aliphatic heterocycles. The number of rotatable bonds is 6. The van der Waals surface area contributed by atoms with Crippen LogP contribution >= 0.6 is 0 Å². The Morgan fingerprint density at radius 2 is 1.91 bits per heavy atom. The highest BCUT2D eigenvalue weighted by atomic mass is 16.5. The van der Waals surface area contributed by atoms with Gasteiger partial charge in [0.1, 0.15) is 12.4 Å². The summed E-state index contributed by atoms with van der Waals surface area (Å²) in [6.07, 6.45) is 3.57. The summed E-state index contributed by atoms with van der Waals surface area (Å²) in [6.45, 7) is 3.36. The number of amides is 1. The highest BCUT2D eigenvalue weighted by Gasteiger charge is 2.27. The number of aliphatic hydroxyl groups is 1. The molecule has 33 heavy (non-hydrogen) atoms. The van der Waals surface area contributed by atoms with Gasteiger partial charge in [-0.2, -0.15) is 10.2 Å². The number of ether oxygens (including phenoxy) is 1. The van der Waals surface area contributed by atoms with Crippen LogP contribution in [0.2, 0.25) is 0 Å². The topological polar surface area (TPSA) is 90.8 Å². The number of carbonyl (C=O) groups excluding carboxylic acids is 1. The van der Waals surface area contributed by atoms with Crippen molar-refractivity contribution in [2.75, 3.05) is 38.1 Å². The maximum absolute atomic E-state index is 13.3. The summed E-state index contributed by atoms with van der Waals surface area (Å²) in [5, 5.41) is 21.7. The Balaban J connectivity index is 1.24. The van der Waals surface area contributed by atoms with Gasteiger partial charge in [-0.3, -0.25) is 9.69 Å². The lowest BCUT2D eigenvalue weighted by Gasteiger charge is -2.32. The monoisotopic (exact) mass is 445 g/mol. The largest absolute Gasteiger partial charge is 0.491 e. The molecule has 0 saturated carbocycles. The molecule has 1 unspecified atom stereocenters. The smallest absolute Gasteiger partial charge is 0.257 e. The Bertz CT molecular complexity index is 1120. The van der Waals surface area contributed by atoms with E-state index >= 15 is 0 Å². The van der Waals surface area contributed by atoms with Gasteiger partial charge in [0.05, 0.1) is 36.3 Å². The molecule has 2 N–H and O–H groups in total. The number of β-amino-alcohol motifs (C(OH)–C–C–N with tert-alkyl or cyclic N) is 1. The van der Waals surface area contributed by atoms with E-state index in [0.29, 0.717) is 31.0 Å². The molecule has 1 amide bonds. The maximum Gasteiger partial charge on any atom is 0.257 e. The van der Waals surface area contributed by atoms with Gasteiger partial charge in [0.2, 0.25) is 0 Å². The number of nitrogens with one attached hydrogen (secondary N) is 1. The summed E-state index contributed by atoms with van der Waals surface area (Å²) in [7, 11) is 0. The molecule has 0 aliphatic carbocycles. The van der Waals surface area contributed by atoms with Crippen LogP contribution in [0, 0.1) is 0 Å². The summed E-state index contributed by atoms with van der Waals surface area (Å²) >= 11 is 0. The van der Waals surface area contributed by atoms with Crippen molar-refractivity contribution in [3.63, 3.8) is 0 Å². The molecule has 0 spiro atoms. The summed E-state index contributed by atoms with van der Waals surface area (Å²) < 4.78 is 5.82. The lowest BCUT2D eigenvalue weighted by atomic mass is 10.00. The van der Waals surface area contributed by atoms with Crippen LogP contribution in [0.5, 0.6) is 5.75 Å². The van der Waals surface area contributed by atoms with Crippen LogP contribution in [-0.2, 0) is 13.0 Å². The first kappa shape index (κ1) is 21.4. The highest BCUT2D eigenvalue weighted by molar-refractivity contribution is 5.98. The van der Waals surface area contributed by atoms with Gasteiger partial charge < -0.3 is 20.1 Å². The second-order valence-corrected chi connectivity index (χ2v) is 8.47. The van der Waals surface area contributed by atoms with Crippen molar-refractivity contribution in [2.24, 2.45) is 0 Å². The summed E-state index contributed by atoms with van der Waals surface area (Å²) in [5.41, 5.74) is 4.72. The van der Waals surface area contributed by atoms with E-state index in [2.05, 4.69) is 44.7 Å². The van der Waals surface area contributed by atoms with Crippen LogP contribution in [0.25, 0.3) is 0 Å². The molecule has 3 aromatic rings. The molecule has 0 saturated heterocycles. The van der Waals surface area contributed by atoms with Crippen molar-refractivity contribution in [3.05, 3.63) is 77.6 Å². The number of aromatic nitrogens is 2. The molecule has 0 bridgehead atoms. The van der Waals surface area contributed by atoms with E-state index in [4.69, 9.17) is 4.74 Å². The molecular formula is C25H27N5O3. The maximum atomic E-state index is 13.3. The summed E-state index contributed by atoms with van der Waals surface area (Å²) in [6, 6.07) is 15.7. The molecule has 2 aromatic carbocycles. The summed E-state index contributed by atoms with van der Waals surface area (Å²) in [5.74, 6) is 0.421. The van der Waals surface area contributed by atoms with Crippen LogP contribution in [-0.4, -0.2) is 69.9 Å². The fourth-order valence-corrected chi connectivity index (χ4v) is 4.46. The zero-order chi connectivity index (χ0) is 22.6. The molecule has 0 radical (unpaired) electrons. The third-order valence-electron chi connectivity index (χ3n) is 6.10. The predicted molar refractivity (Wildman–Crippen MR) is 125 cm³/mol. The van der Waals surface area contributed by atoms with Crippen molar-refractivity contribution in [3.8, 4) is 5.75 Å². The Morgan fingerprint density at radius 1 is 1.03 bits per heavy atom. The van der Waals surface area contributed by atoms with Gasteiger partial charge in [0.25, 0.3) is 5.91 Å². The molecule has 1 aromatic heterocycles. The number of hydrogen-bond donors (Lipinski definition) is 2. The van der Waals surface area contributed by atoms with Gasteiger partial charge in [0.15, 0.2) is 0 Å². The van der Waals surface area contributed by atoms with E-state index in [9.17, 15) is 9.90 Å². The third-order valence-corrected chi connectivity index (χ3v) is 6.10. The molecule has 3 heterocycles. The van der Waals surface area contributed by atoms with Crippen molar-refractivity contribution in [2.45, 2.75) is 19.1 Å². The fourth-order valence-electron chi connectivity index (χ4n) is 4.46. The lowest BCUT2D eigenvalue weighted by molar-refractivity contribution is 0.0501. The molecule has 170 valence electrons. The molecule has 1 atom stereocenters. The number of benzene rings is 2. The number of aliphatic hydroxyl groups excluding tert-OH is 1. The van der Waals surface area contributed by atoms with E-state index < -0.39 is 6.10 Å². The minimum Gasteiger partial charge on any atom is -0.491 e.